The predicted molar refractivity (Wildman–Crippen MR) is 72.5 cm³/mol. The van der Waals surface area contributed by atoms with Gasteiger partial charge in [-0.1, -0.05) is 23.7 Å². The van der Waals surface area contributed by atoms with E-state index in [-0.39, 0.29) is 10.8 Å². The lowest BCUT2D eigenvalue weighted by atomic mass is 10.2. The van der Waals surface area contributed by atoms with E-state index in [0.717, 1.165) is 19.6 Å². The van der Waals surface area contributed by atoms with E-state index >= 15 is 0 Å². The molecule has 0 radical (unpaired) electrons. The smallest absolute Gasteiger partial charge is 0.146 e. The Hall–Kier alpha value is -0.680. The van der Waals surface area contributed by atoms with Crippen molar-refractivity contribution in [2.24, 2.45) is 0 Å². The van der Waals surface area contributed by atoms with E-state index < -0.39 is 0 Å². The van der Waals surface area contributed by atoms with Crippen LogP contribution in [0.1, 0.15) is 5.56 Å². The molecule has 18 heavy (non-hydrogen) atoms. The van der Waals surface area contributed by atoms with Crippen LogP contribution in [0.4, 0.5) is 4.39 Å². The zero-order valence-corrected chi connectivity index (χ0v) is 11.6. The van der Waals surface area contributed by atoms with Crippen LogP contribution in [0.5, 0.6) is 0 Å². The topological polar surface area (TPSA) is 24.5 Å². The fraction of sp³-hybridized carbons (Fsp3) is 0.538. The van der Waals surface area contributed by atoms with Crippen LogP contribution in [0.15, 0.2) is 18.2 Å². The number of likely N-dealkylation sites (N-methyl/N-ethyl adjacent to an activating group) is 1. The number of hydrogen-bond acceptors (Lipinski definition) is 3. The predicted octanol–water partition coefficient (Wildman–Crippen LogP) is 2.15. The van der Waals surface area contributed by atoms with Crippen molar-refractivity contribution in [3.05, 3.63) is 34.6 Å². The number of ether oxygens (including phenoxy) is 1. The molecule has 0 heterocycles. The first kappa shape index (κ1) is 15.4. The van der Waals surface area contributed by atoms with Gasteiger partial charge in [-0.15, -0.1) is 0 Å². The normalized spacial score (nSPS) is 11.2. The standard InChI is InChI=1S/C13H20ClFN2O/c1-17(8-6-16-7-9-18-2)10-11-4-3-5-12(14)13(11)15/h3-5,16H,6-10H2,1-2H3. The van der Waals surface area contributed by atoms with Gasteiger partial charge in [0.05, 0.1) is 11.6 Å². The summed E-state index contributed by atoms with van der Waals surface area (Å²) in [5.41, 5.74) is 0.627. The lowest BCUT2D eigenvalue weighted by molar-refractivity contribution is 0.197. The summed E-state index contributed by atoms with van der Waals surface area (Å²) in [6.07, 6.45) is 0. The van der Waals surface area contributed by atoms with Crippen LogP contribution in [-0.2, 0) is 11.3 Å². The zero-order chi connectivity index (χ0) is 13.4. The van der Waals surface area contributed by atoms with Gasteiger partial charge in [0.15, 0.2) is 0 Å². The molecule has 0 saturated heterocycles. The second-order valence-electron chi connectivity index (χ2n) is 4.19. The minimum atomic E-state index is -0.321. The minimum Gasteiger partial charge on any atom is -0.383 e. The monoisotopic (exact) mass is 274 g/mol. The SMILES string of the molecule is COCCNCCN(C)Cc1cccc(Cl)c1F. The maximum absolute atomic E-state index is 13.7. The molecule has 0 aromatic heterocycles. The van der Waals surface area contributed by atoms with E-state index in [1.165, 1.54) is 0 Å². The van der Waals surface area contributed by atoms with Crippen molar-refractivity contribution >= 4 is 11.6 Å². The molecule has 5 heteroatoms. The summed E-state index contributed by atoms with van der Waals surface area (Å²) >= 11 is 5.74. The second kappa shape index (κ2) is 8.43. The summed E-state index contributed by atoms with van der Waals surface area (Å²) in [5, 5.41) is 3.42. The molecule has 0 aliphatic rings. The van der Waals surface area contributed by atoms with Gasteiger partial charge in [-0.2, -0.15) is 0 Å². The summed E-state index contributed by atoms with van der Waals surface area (Å²) in [7, 11) is 3.63. The maximum atomic E-state index is 13.7. The van der Waals surface area contributed by atoms with Gasteiger partial charge in [0.1, 0.15) is 5.82 Å². The molecule has 102 valence electrons. The van der Waals surface area contributed by atoms with E-state index in [1.54, 1.807) is 25.3 Å². The maximum Gasteiger partial charge on any atom is 0.146 e. The molecule has 1 rings (SSSR count). The summed E-state index contributed by atoms with van der Waals surface area (Å²) in [4.78, 5) is 2.05. The van der Waals surface area contributed by atoms with Crippen molar-refractivity contribution in [2.75, 3.05) is 40.4 Å². The van der Waals surface area contributed by atoms with E-state index in [2.05, 4.69) is 10.2 Å². The first-order chi connectivity index (χ1) is 8.65. The van der Waals surface area contributed by atoms with Crippen LogP contribution in [0.3, 0.4) is 0 Å². The Morgan fingerprint density at radius 3 is 2.89 bits per heavy atom. The summed E-state index contributed by atoms with van der Waals surface area (Å²) in [6, 6.07) is 5.09. The largest absolute Gasteiger partial charge is 0.383 e. The number of hydrogen-bond donors (Lipinski definition) is 1. The van der Waals surface area contributed by atoms with E-state index in [4.69, 9.17) is 16.3 Å². The van der Waals surface area contributed by atoms with E-state index in [9.17, 15) is 4.39 Å². The van der Waals surface area contributed by atoms with Crippen molar-refractivity contribution in [3.8, 4) is 0 Å². The highest BCUT2D eigenvalue weighted by molar-refractivity contribution is 6.30. The van der Waals surface area contributed by atoms with Crippen LogP contribution in [-0.4, -0.2) is 45.3 Å². The average molecular weight is 275 g/mol. The Balaban J connectivity index is 2.31. The Morgan fingerprint density at radius 1 is 1.39 bits per heavy atom. The Kier molecular flexibility index (Phi) is 7.20. The van der Waals surface area contributed by atoms with E-state index in [0.29, 0.717) is 18.7 Å². The molecule has 1 N–H and O–H groups in total. The van der Waals surface area contributed by atoms with Gasteiger partial charge in [0.2, 0.25) is 0 Å². The molecule has 0 atom stereocenters. The number of nitrogens with zero attached hydrogens (tertiary/aromatic N) is 1. The molecule has 0 aliphatic carbocycles. The fourth-order valence-electron chi connectivity index (χ4n) is 1.61. The lowest BCUT2D eigenvalue weighted by Crippen LogP contribution is -2.30. The van der Waals surface area contributed by atoms with Gasteiger partial charge in [0, 0.05) is 38.9 Å². The fourth-order valence-corrected chi connectivity index (χ4v) is 1.80. The molecule has 1 aromatic carbocycles. The van der Waals surface area contributed by atoms with Gasteiger partial charge in [-0.25, -0.2) is 4.39 Å². The summed E-state index contributed by atoms with van der Waals surface area (Å²) in [5.74, 6) is -0.321. The molecule has 0 bridgehead atoms. The third kappa shape index (κ3) is 5.31. The number of nitrogens with one attached hydrogen (secondary N) is 1. The highest BCUT2D eigenvalue weighted by atomic mass is 35.5. The van der Waals surface area contributed by atoms with Crippen molar-refractivity contribution in [1.82, 2.24) is 10.2 Å². The zero-order valence-electron chi connectivity index (χ0n) is 10.9. The minimum absolute atomic E-state index is 0.180. The molecule has 0 aliphatic heterocycles. The van der Waals surface area contributed by atoms with Crippen molar-refractivity contribution < 1.29 is 9.13 Å². The van der Waals surface area contributed by atoms with Gasteiger partial charge in [-0.05, 0) is 13.1 Å². The Labute approximate surface area is 113 Å². The number of halogens is 2. The highest BCUT2D eigenvalue weighted by Gasteiger charge is 2.08. The summed E-state index contributed by atoms with van der Waals surface area (Å²) in [6.45, 7) is 3.78. The molecule has 3 nitrogen and oxygen atoms in total. The molecule has 0 fully saturated rings. The Morgan fingerprint density at radius 2 is 2.17 bits per heavy atom. The Bertz CT molecular complexity index is 363. The van der Waals surface area contributed by atoms with Crippen molar-refractivity contribution in [3.63, 3.8) is 0 Å². The molecule has 0 saturated carbocycles. The van der Waals surface area contributed by atoms with Gasteiger partial charge in [0.25, 0.3) is 0 Å². The van der Waals surface area contributed by atoms with Gasteiger partial charge in [-0.3, -0.25) is 0 Å². The lowest BCUT2D eigenvalue weighted by Gasteiger charge is -2.17. The second-order valence-corrected chi connectivity index (χ2v) is 4.60. The quantitative estimate of drug-likeness (QED) is 0.735. The number of benzene rings is 1. The first-order valence-electron chi connectivity index (χ1n) is 5.96. The van der Waals surface area contributed by atoms with Crippen molar-refractivity contribution in [2.45, 2.75) is 6.54 Å². The number of rotatable bonds is 8. The average Bonchev–Trinajstić information content (AvgIpc) is 2.35. The molecular weight excluding hydrogens is 255 g/mol. The number of methoxy groups -OCH3 is 1. The highest BCUT2D eigenvalue weighted by Crippen LogP contribution is 2.18. The van der Waals surface area contributed by atoms with Crippen molar-refractivity contribution in [1.29, 1.82) is 0 Å². The molecule has 0 spiro atoms. The molecule has 0 amide bonds. The van der Waals surface area contributed by atoms with Crippen LogP contribution >= 0.6 is 11.6 Å². The molecule has 0 unspecified atom stereocenters. The summed E-state index contributed by atoms with van der Waals surface area (Å²) < 4.78 is 18.6. The third-order valence-corrected chi connectivity index (χ3v) is 2.92. The molecular formula is C13H20ClFN2O. The van der Waals surface area contributed by atoms with Crippen LogP contribution in [0.2, 0.25) is 5.02 Å². The van der Waals surface area contributed by atoms with E-state index in [1.807, 2.05) is 7.05 Å². The van der Waals surface area contributed by atoms with Crippen LogP contribution in [0.25, 0.3) is 0 Å². The van der Waals surface area contributed by atoms with Gasteiger partial charge >= 0.3 is 0 Å². The molecule has 1 aromatic rings. The first-order valence-corrected chi connectivity index (χ1v) is 6.34. The van der Waals surface area contributed by atoms with Gasteiger partial charge < -0.3 is 15.0 Å². The third-order valence-electron chi connectivity index (χ3n) is 2.63. The van der Waals surface area contributed by atoms with Crippen LogP contribution in [0, 0.1) is 5.82 Å². The van der Waals surface area contributed by atoms with Crippen LogP contribution < -0.4 is 5.32 Å².